The van der Waals surface area contributed by atoms with Gasteiger partial charge in [0.15, 0.2) is 0 Å². The summed E-state index contributed by atoms with van der Waals surface area (Å²) in [6, 6.07) is 6.94. The molecule has 0 bridgehead atoms. The number of thioether (sulfide) groups is 1. The summed E-state index contributed by atoms with van der Waals surface area (Å²) in [5.41, 5.74) is 1.09. The van der Waals surface area contributed by atoms with E-state index in [4.69, 9.17) is 0 Å². The minimum Gasteiger partial charge on any atom is -0.303 e. The van der Waals surface area contributed by atoms with E-state index < -0.39 is 0 Å². The van der Waals surface area contributed by atoms with Crippen LogP contribution in [0, 0.1) is 5.82 Å². The lowest BCUT2D eigenvalue weighted by molar-refractivity contribution is 0.303. The Labute approximate surface area is 114 Å². The second-order valence-electron chi connectivity index (χ2n) is 4.94. The molecule has 18 heavy (non-hydrogen) atoms. The minimum absolute atomic E-state index is 0.124. The molecule has 1 aromatic carbocycles. The SMILES string of the molecule is Fc1cccc(CSCCN2CCCCCC2)c1. The fourth-order valence-corrected chi connectivity index (χ4v) is 3.32. The summed E-state index contributed by atoms with van der Waals surface area (Å²) < 4.78 is 13.0. The highest BCUT2D eigenvalue weighted by Gasteiger charge is 2.08. The van der Waals surface area contributed by atoms with Crippen LogP contribution in [0.25, 0.3) is 0 Å². The zero-order valence-corrected chi connectivity index (χ0v) is 11.7. The van der Waals surface area contributed by atoms with Crippen LogP contribution in [-0.4, -0.2) is 30.3 Å². The first-order valence-corrected chi connectivity index (χ1v) is 8.04. The van der Waals surface area contributed by atoms with Gasteiger partial charge in [-0.15, -0.1) is 0 Å². The molecule has 1 heterocycles. The lowest BCUT2D eigenvalue weighted by Crippen LogP contribution is -2.27. The second kappa shape index (κ2) is 7.80. The summed E-state index contributed by atoms with van der Waals surface area (Å²) in [7, 11) is 0. The molecule has 0 spiro atoms. The highest BCUT2D eigenvalue weighted by molar-refractivity contribution is 7.98. The van der Waals surface area contributed by atoms with Gasteiger partial charge in [0, 0.05) is 18.1 Å². The molecule has 1 nitrogen and oxygen atoms in total. The summed E-state index contributed by atoms with van der Waals surface area (Å²) in [5, 5.41) is 0. The van der Waals surface area contributed by atoms with Gasteiger partial charge in [-0.3, -0.25) is 0 Å². The highest BCUT2D eigenvalue weighted by atomic mass is 32.2. The number of hydrogen-bond acceptors (Lipinski definition) is 2. The molecule has 1 aromatic rings. The van der Waals surface area contributed by atoms with Crippen molar-refractivity contribution >= 4 is 11.8 Å². The van der Waals surface area contributed by atoms with Crippen LogP contribution in [0.3, 0.4) is 0 Å². The summed E-state index contributed by atoms with van der Waals surface area (Å²) in [6.07, 6.45) is 5.50. The van der Waals surface area contributed by atoms with Crippen molar-refractivity contribution in [1.29, 1.82) is 0 Å². The quantitative estimate of drug-likeness (QED) is 0.744. The molecule has 0 aromatic heterocycles. The highest BCUT2D eigenvalue weighted by Crippen LogP contribution is 2.15. The van der Waals surface area contributed by atoms with Crippen molar-refractivity contribution in [2.45, 2.75) is 31.4 Å². The van der Waals surface area contributed by atoms with Gasteiger partial charge >= 0.3 is 0 Å². The minimum atomic E-state index is -0.124. The largest absolute Gasteiger partial charge is 0.303 e. The van der Waals surface area contributed by atoms with Crippen LogP contribution >= 0.6 is 11.8 Å². The maximum Gasteiger partial charge on any atom is 0.123 e. The van der Waals surface area contributed by atoms with E-state index in [2.05, 4.69) is 4.90 Å². The molecule has 100 valence electrons. The van der Waals surface area contributed by atoms with Crippen molar-refractivity contribution < 1.29 is 4.39 Å². The molecule has 1 fully saturated rings. The molecule has 1 saturated heterocycles. The normalized spacial score (nSPS) is 17.6. The summed E-state index contributed by atoms with van der Waals surface area (Å²) in [5.74, 6) is 1.95. The van der Waals surface area contributed by atoms with E-state index in [9.17, 15) is 4.39 Å². The Kier molecular flexibility index (Phi) is 6.01. The first-order chi connectivity index (χ1) is 8.84. The third kappa shape index (κ3) is 4.99. The maximum atomic E-state index is 13.0. The summed E-state index contributed by atoms with van der Waals surface area (Å²) in [4.78, 5) is 2.57. The lowest BCUT2D eigenvalue weighted by Gasteiger charge is -2.19. The summed E-state index contributed by atoms with van der Waals surface area (Å²) in [6.45, 7) is 3.71. The average Bonchev–Trinajstić information content (AvgIpc) is 2.63. The number of benzene rings is 1. The Bertz CT molecular complexity index is 348. The fourth-order valence-electron chi connectivity index (χ4n) is 2.37. The first-order valence-electron chi connectivity index (χ1n) is 6.89. The molecule has 3 heteroatoms. The van der Waals surface area contributed by atoms with E-state index in [0.717, 1.165) is 17.1 Å². The van der Waals surface area contributed by atoms with E-state index in [0.29, 0.717) is 0 Å². The number of halogens is 1. The molecule has 0 atom stereocenters. The van der Waals surface area contributed by atoms with Crippen molar-refractivity contribution in [3.05, 3.63) is 35.6 Å². The van der Waals surface area contributed by atoms with Gasteiger partial charge in [-0.05, 0) is 43.6 Å². The predicted octanol–water partition coefficient (Wildman–Crippen LogP) is 3.93. The zero-order chi connectivity index (χ0) is 12.6. The molecule has 0 saturated carbocycles. The van der Waals surface area contributed by atoms with Gasteiger partial charge in [0.25, 0.3) is 0 Å². The van der Waals surface area contributed by atoms with E-state index in [1.807, 2.05) is 17.8 Å². The van der Waals surface area contributed by atoms with Gasteiger partial charge < -0.3 is 4.90 Å². The number of nitrogens with zero attached hydrogens (tertiary/aromatic N) is 1. The first kappa shape index (κ1) is 13.9. The maximum absolute atomic E-state index is 13.0. The third-order valence-electron chi connectivity index (χ3n) is 3.41. The van der Waals surface area contributed by atoms with Gasteiger partial charge in [0.1, 0.15) is 5.82 Å². The molecule has 0 N–H and O–H groups in total. The molecule has 0 amide bonds. The molecule has 1 aliphatic heterocycles. The number of hydrogen-bond donors (Lipinski definition) is 0. The zero-order valence-electron chi connectivity index (χ0n) is 10.9. The summed E-state index contributed by atoms with van der Waals surface area (Å²) >= 11 is 1.91. The molecule has 1 aliphatic rings. The Morgan fingerprint density at radius 1 is 1.11 bits per heavy atom. The van der Waals surface area contributed by atoms with Gasteiger partial charge in [0.05, 0.1) is 0 Å². The molecule has 0 unspecified atom stereocenters. The Morgan fingerprint density at radius 2 is 1.89 bits per heavy atom. The standard InChI is InChI=1S/C15H22FNS/c16-15-7-5-6-14(12-15)13-18-11-10-17-8-3-1-2-4-9-17/h5-7,12H,1-4,8-11,13H2. The van der Waals surface area contributed by atoms with Crippen LogP contribution in [0.4, 0.5) is 4.39 Å². The van der Waals surface area contributed by atoms with Gasteiger partial charge in [-0.25, -0.2) is 4.39 Å². The predicted molar refractivity (Wildman–Crippen MR) is 77.5 cm³/mol. The van der Waals surface area contributed by atoms with Gasteiger partial charge in [-0.2, -0.15) is 11.8 Å². The van der Waals surface area contributed by atoms with Crippen molar-refractivity contribution in [3.63, 3.8) is 0 Å². The van der Waals surface area contributed by atoms with E-state index in [1.165, 1.54) is 51.4 Å². The van der Waals surface area contributed by atoms with Crippen LogP contribution < -0.4 is 0 Å². The van der Waals surface area contributed by atoms with E-state index in [-0.39, 0.29) is 5.82 Å². The van der Waals surface area contributed by atoms with Crippen LogP contribution in [0.2, 0.25) is 0 Å². The lowest BCUT2D eigenvalue weighted by atomic mass is 10.2. The molecular weight excluding hydrogens is 245 g/mol. The number of rotatable bonds is 5. The molecule has 0 aliphatic carbocycles. The molecule has 2 rings (SSSR count). The number of likely N-dealkylation sites (tertiary alicyclic amines) is 1. The Hall–Kier alpha value is -0.540. The Balaban J connectivity index is 1.63. The van der Waals surface area contributed by atoms with Crippen LogP contribution in [0.1, 0.15) is 31.2 Å². The van der Waals surface area contributed by atoms with Crippen molar-refractivity contribution in [2.24, 2.45) is 0 Å². The Morgan fingerprint density at radius 3 is 2.61 bits per heavy atom. The third-order valence-corrected chi connectivity index (χ3v) is 4.42. The van der Waals surface area contributed by atoms with Crippen molar-refractivity contribution in [2.75, 3.05) is 25.4 Å². The van der Waals surface area contributed by atoms with E-state index in [1.54, 1.807) is 12.1 Å². The smallest absolute Gasteiger partial charge is 0.123 e. The van der Waals surface area contributed by atoms with Gasteiger partial charge in [0.2, 0.25) is 0 Å². The average molecular weight is 267 g/mol. The van der Waals surface area contributed by atoms with Gasteiger partial charge in [-0.1, -0.05) is 25.0 Å². The molecule has 0 radical (unpaired) electrons. The topological polar surface area (TPSA) is 3.24 Å². The van der Waals surface area contributed by atoms with Crippen LogP contribution in [0.15, 0.2) is 24.3 Å². The van der Waals surface area contributed by atoms with Crippen molar-refractivity contribution in [1.82, 2.24) is 4.90 Å². The fraction of sp³-hybridized carbons (Fsp3) is 0.600. The van der Waals surface area contributed by atoms with Crippen LogP contribution in [0.5, 0.6) is 0 Å². The van der Waals surface area contributed by atoms with Crippen molar-refractivity contribution in [3.8, 4) is 0 Å². The van der Waals surface area contributed by atoms with Crippen LogP contribution in [-0.2, 0) is 5.75 Å². The monoisotopic (exact) mass is 267 g/mol. The van der Waals surface area contributed by atoms with E-state index >= 15 is 0 Å². The second-order valence-corrected chi connectivity index (χ2v) is 6.04. The molecular formula is C15H22FNS.